The van der Waals surface area contributed by atoms with Gasteiger partial charge in [-0.3, -0.25) is 4.90 Å². The molecule has 0 bridgehead atoms. The third kappa shape index (κ3) is 4.43. The van der Waals surface area contributed by atoms with Crippen molar-refractivity contribution in [2.75, 3.05) is 32.7 Å². The van der Waals surface area contributed by atoms with Crippen molar-refractivity contribution in [2.24, 2.45) is 0 Å². The van der Waals surface area contributed by atoms with E-state index < -0.39 is 0 Å². The number of likely N-dealkylation sites (tertiary alicyclic amines) is 1. The van der Waals surface area contributed by atoms with Gasteiger partial charge in [-0.25, -0.2) is 0 Å². The van der Waals surface area contributed by atoms with Crippen LogP contribution in [0.2, 0.25) is 0 Å². The third-order valence-corrected chi connectivity index (χ3v) is 3.88. The summed E-state index contributed by atoms with van der Waals surface area (Å²) in [4.78, 5) is 5.17. The van der Waals surface area contributed by atoms with Crippen LogP contribution >= 0.6 is 0 Å². The van der Waals surface area contributed by atoms with Gasteiger partial charge in [0.2, 0.25) is 0 Å². The molecule has 0 radical (unpaired) electrons. The number of piperidine rings is 1. The maximum atomic E-state index is 2.62. The first kappa shape index (κ1) is 13.6. The summed E-state index contributed by atoms with van der Waals surface area (Å²) in [6, 6.07) is 10.8. The molecule has 0 spiro atoms. The Kier molecular flexibility index (Phi) is 5.69. The van der Waals surface area contributed by atoms with Crippen LogP contribution in [0.4, 0.5) is 0 Å². The van der Waals surface area contributed by atoms with Gasteiger partial charge in [0.05, 0.1) is 0 Å². The minimum Gasteiger partial charge on any atom is -0.302 e. The molecule has 1 aliphatic rings. The molecule has 0 saturated carbocycles. The first-order valence-electron chi connectivity index (χ1n) is 7.37. The second-order valence-corrected chi connectivity index (χ2v) is 5.26. The highest BCUT2D eigenvalue weighted by molar-refractivity contribution is 5.14. The third-order valence-electron chi connectivity index (χ3n) is 3.88. The predicted octanol–water partition coefficient (Wildman–Crippen LogP) is 2.99. The molecule has 2 heteroatoms. The SMILES string of the molecule is CCN(CCN1CCCCC1)Cc1ccccc1. The van der Waals surface area contributed by atoms with Gasteiger partial charge < -0.3 is 4.90 Å². The maximum Gasteiger partial charge on any atom is 0.0234 e. The monoisotopic (exact) mass is 246 g/mol. The Labute approximate surface area is 112 Å². The van der Waals surface area contributed by atoms with E-state index >= 15 is 0 Å². The van der Waals surface area contributed by atoms with Crippen molar-refractivity contribution in [1.29, 1.82) is 0 Å². The summed E-state index contributed by atoms with van der Waals surface area (Å²) < 4.78 is 0. The van der Waals surface area contributed by atoms with Crippen molar-refractivity contribution in [1.82, 2.24) is 9.80 Å². The highest BCUT2D eigenvalue weighted by atomic mass is 15.2. The molecule has 0 unspecified atom stereocenters. The number of rotatable bonds is 6. The zero-order valence-corrected chi connectivity index (χ0v) is 11.6. The molecule has 1 saturated heterocycles. The molecule has 18 heavy (non-hydrogen) atoms. The van der Waals surface area contributed by atoms with E-state index in [1.54, 1.807) is 0 Å². The molecule has 0 atom stereocenters. The predicted molar refractivity (Wildman–Crippen MR) is 77.7 cm³/mol. The summed E-state index contributed by atoms with van der Waals surface area (Å²) in [5.74, 6) is 0. The van der Waals surface area contributed by atoms with E-state index in [1.165, 1.54) is 51.0 Å². The molecular formula is C16H26N2. The topological polar surface area (TPSA) is 6.48 Å². The highest BCUT2D eigenvalue weighted by Crippen LogP contribution is 2.09. The van der Waals surface area contributed by atoms with E-state index in [9.17, 15) is 0 Å². The Hall–Kier alpha value is -0.860. The fourth-order valence-electron chi connectivity index (χ4n) is 2.66. The van der Waals surface area contributed by atoms with Crippen LogP contribution < -0.4 is 0 Å². The average Bonchev–Trinajstić information content (AvgIpc) is 2.45. The Morgan fingerprint density at radius 3 is 2.44 bits per heavy atom. The molecular weight excluding hydrogens is 220 g/mol. The second kappa shape index (κ2) is 7.55. The molecule has 2 nitrogen and oxygen atoms in total. The van der Waals surface area contributed by atoms with E-state index in [1.807, 2.05) is 0 Å². The average molecular weight is 246 g/mol. The van der Waals surface area contributed by atoms with Crippen LogP contribution in [0.25, 0.3) is 0 Å². The summed E-state index contributed by atoms with van der Waals surface area (Å²) in [5.41, 5.74) is 1.43. The Balaban J connectivity index is 1.75. The summed E-state index contributed by atoms with van der Waals surface area (Å²) in [6.45, 7) is 9.55. The van der Waals surface area contributed by atoms with Crippen LogP contribution in [0.3, 0.4) is 0 Å². The fraction of sp³-hybridized carbons (Fsp3) is 0.625. The van der Waals surface area contributed by atoms with Gasteiger partial charge in [0.15, 0.2) is 0 Å². The van der Waals surface area contributed by atoms with Crippen LogP contribution in [-0.4, -0.2) is 42.5 Å². The van der Waals surface area contributed by atoms with Crippen molar-refractivity contribution >= 4 is 0 Å². The van der Waals surface area contributed by atoms with E-state index in [0.29, 0.717) is 0 Å². The maximum absolute atomic E-state index is 2.62. The van der Waals surface area contributed by atoms with E-state index in [-0.39, 0.29) is 0 Å². The van der Waals surface area contributed by atoms with Crippen molar-refractivity contribution < 1.29 is 0 Å². The van der Waals surface area contributed by atoms with E-state index in [2.05, 4.69) is 47.1 Å². The lowest BCUT2D eigenvalue weighted by atomic mass is 10.1. The Morgan fingerprint density at radius 1 is 1.06 bits per heavy atom. The minimum absolute atomic E-state index is 1.09. The van der Waals surface area contributed by atoms with Crippen molar-refractivity contribution in [3.05, 3.63) is 35.9 Å². The molecule has 2 rings (SSSR count). The van der Waals surface area contributed by atoms with E-state index in [0.717, 1.165) is 13.1 Å². The largest absolute Gasteiger partial charge is 0.302 e. The molecule has 0 amide bonds. The number of benzene rings is 1. The first-order chi connectivity index (χ1) is 8.88. The standard InChI is InChI=1S/C16H26N2/c1-2-17(15-16-9-5-3-6-10-16)13-14-18-11-7-4-8-12-18/h3,5-6,9-10H,2,4,7-8,11-15H2,1H3. The minimum atomic E-state index is 1.09. The van der Waals surface area contributed by atoms with Crippen molar-refractivity contribution in [3.63, 3.8) is 0 Å². The highest BCUT2D eigenvalue weighted by Gasteiger charge is 2.11. The molecule has 1 aliphatic heterocycles. The zero-order valence-electron chi connectivity index (χ0n) is 11.6. The number of hydrogen-bond donors (Lipinski definition) is 0. The van der Waals surface area contributed by atoms with Crippen LogP contribution in [0, 0.1) is 0 Å². The lowest BCUT2D eigenvalue weighted by Crippen LogP contribution is -2.37. The van der Waals surface area contributed by atoms with Crippen LogP contribution in [0.15, 0.2) is 30.3 Å². The second-order valence-electron chi connectivity index (χ2n) is 5.26. The van der Waals surface area contributed by atoms with Gasteiger partial charge in [-0.05, 0) is 38.0 Å². The molecule has 0 N–H and O–H groups in total. The normalized spacial score (nSPS) is 17.2. The van der Waals surface area contributed by atoms with Gasteiger partial charge in [0.25, 0.3) is 0 Å². The van der Waals surface area contributed by atoms with Crippen LogP contribution in [0.5, 0.6) is 0 Å². The zero-order chi connectivity index (χ0) is 12.6. The molecule has 1 fully saturated rings. The first-order valence-corrected chi connectivity index (χ1v) is 7.37. The lowest BCUT2D eigenvalue weighted by molar-refractivity contribution is 0.181. The summed E-state index contributed by atoms with van der Waals surface area (Å²) in [5, 5.41) is 0. The van der Waals surface area contributed by atoms with Crippen molar-refractivity contribution in [2.45, 2.75) is 32.7 Å². The molecule has 1 aromatic rings. The number of nitrogens with zero attached hydrogens (tertiary/aromatic N) is 2. The smallest absolute Gasteiger partial charge is 0.0234 e. The van der Waals surface area contributed by atoms with Crippen LogP contribution in [-0.2, 0) is 6.54 Å². The van der Waals surface area contributed by atoms with Crippen molar-refractivity contribution in [3.8, 4) is 0 Å². The van der Waals surface area contributed by atoms with E-state index in [4.69, 9.17) is 0 Å². The molecule has 0 aliphatic carbocycles. The quantitative estimate of drug-likeness (QED) is 0.761. The summed E-state index contributed by atoms with van der Waals surface area (Å²) in [7, 11) is 0. The number of hydrogen-bond acceptors (Lipinski definition) is 2. The van der Waals surface area contributed by atoms with Gasteiger partial charge in [0, 0.05) is 19.6 Å². The fourth-order valence-corrected chi connectivity index (χ4v) is 2.66. The number of likely N-dealkylation sites (N-methyl/N-ethyl adjacent to an activating group) is 1. The summed E-state index contributed by atoms with van der Waals surface area (Å²) >= 11 is 0. The molecule has 1 heterocycles. The molecule has 0 aromatic heterocycles. The Bertz CT molecular complexity index is 317. The van der Waals surface area contributed by atoms with Gasteiger partial charge >= 0.3 is 0 Å². The Morgan fingerprint density at radius 2 is 1.78 bits per heavy atom. The molecule has 100 valence electrons. The summed E-state index contributed by atoms with van der Waals surface area (Å²) in [6.07, 6.45) is 4.22. The van der Waals surface area contributed by atoms with Gasteiger partial charge in [0.1, 0.15) is 0 Å². The van der Waals surface area contributed by atoms with Gasteiger partial charge in [-0.1, -0.05) is 43.7 Å². The van der Waals surface area contributed by atoms with Crippen LogP contribution in [0.1, 0.15) is 31.7 Å². The van der Waals surface area contributed by atoms with Gasteiger partial charge in [-0.2, -0.15) is 0 Å². The lowest BCUT2D eigenvalue weighted by Gasteiger charge is -2.29. The van der Waals surface area contributed by atoms with Gasteiger partial charge in [-0.15, -0.1) is 0 Å². The molecule has 1 aromatic carbocycles.